The zero-order valence-corrected chi connectivity index (χ0v) is 16.7. The summed E-state index contributed by atoms with van der Waals surface area (Å²) < 4.78 is 7.24. The number of ether oxygens (including phenoxy) is 1. The van der Waals surface area contributed by atoms with Gasteiger partial charge in [0, 0.05) is 23.6 Å². The lowest BCUT2D eigenvalue weighted by molar-refractivity contribution is -0.116. The van der Waals surface area contributed by atoms with Gasteiger partial charge in [-0.1, -0.05) is 29.8 Å². The highest BCUT2D eigenvalue weighted by Gasteiger charge is 2.14. The third-order valence-corrected chi connectivity index (χ3v) is 4.37. The number of halogens is 1. The summed E-state index contributed by atoms with van der Waals surface area (Å²) in [5.41, 5.74) is 3.68. The van der Waals surface area contributed by atoms with Gasteiger partial charge >= 0.3 is 6.01 Å². The fourth-order valence-electron chi connectivity index (χ4n) is 2.69. The van der Waals surface area contributed by atoms with Crippen molar-refractivity contribution < 1.29 is 9.53 Å². The van der Waals surface area contributed by atoms with Crippen LogP contribution >= 0.6 is 11.6 Å². The summed E-state index contributed by atoms with van der Waals surface area (Å²) in [4.78, 5) is 16.4. The molecule has 0 radical (unpaired) electrons. The van der Waals surface area contributed by atoms with Gasteiger partial charge in [-0.05, 0) is 44.5 Å². The van der Waals surface area contributed by atoms with Crippen molar-refractivity contribution in [2.24, 2.45) is 0 Å². The third-order valence-electron chi connectivity index (χ3n) is 4.10. The van der Waals surface area contributed by atoms with Crippen molar-refractivity contribution in [3.8, 4) is 23.1 Å². The topological polar surface area (TPSA) is 69.0 Å². The van der Waals surface area contributed by atoms with Gasteiger partial charge in [0.25, 0.3) is 0 Å². The monoisotopic (exact) mass is 398 g/mol. The Bertz CT molecular complexity index is 921. The summed E-state index contributed by atoms with van der Waals surface area (Å²) in [5, 5.41) is 7.35. The largest absolute Gasteiger partial charge is 0.463 e. The standard InChI is InChI=1S/C21H23ClN4O2/c1-3-28-21-24-20(16-8-6-15(2)7-9-16)26(25-21)18-12-10-17(11-13-18)23-19(27)5-4-14-22/h6-13H,3-5,14H2,1-2H3,(H,23,27). The Balaban J connectivity index is 1.87. The van der Waals surface area contributed by atoms with Crippen LogP contribution in [0.4, 0.5) is 5.69 Å². The summed E-state index contributed by atoms with van der Waals surface area (Å²) >= 11 is 5.63. The zero-order valence-electron chi connectivity index (χ0n) is 16.0. The predicted octanol–water partition coefficient (Wildman–Crippen LogP) is 4.60. The molecule has 1 N–H and O–H groups in total. The Labute approximate surface area is 169 Å². The molecular weight excluding hydrogens is 376 g/mol. The number of aromatic nitrogens is 3. The fourth-order valence-corrected chi connectivity index (χ4v) is 2.82. The number of anilines is 1. The number of carbonyl (C=O) groups is 1. The molecule has 1 heterocycles. The second kappa shape index (κ2) is 9.37. The number of hydrogen-bond donors (Lipinski definition) is 1. The number of aryl methyl sites for hydroxylation is 1. The van der Waals surface area contributed by atoms with Gasteiger partial charge in [-0.3, -0.25) is 4.79 Å². The molecule has 3 aromatic rings. The number of amides is 1. The van der Waals surface area contributed by atoms with Crippen molar-refractivity contribution in [1.29, 1.82) is 0 Å². The van der Waals surface area contributed by atoms with Crippen LogP contribution in [0.3, 0.4) is 0 Å². The van der Waals surface area contributed by atoms with E-state index < -0.39 is 0 Å². The molecule has 0 aliphatic carbocycles. The molecule has 0 fully saturated rings. The lowest BCUT2D eigenvalue weighted by Crippen LogP contribution is -2.11. The lowest BCUT2D eigenvalue weighted by atomic mass is 10.1. The van der Waals surface area contributed by atoms with Crippen LogP contribution in [-0.4, -0.2) is 33.2 Å². The van der Waals surface area contributed by atoms with Crippen molar-refractivity contribution in [3.05, 3.63) is 54.1 Å². The minimum absolute atomic E-state index is 0.0480. The van der Waals surface area contributed by atoms with E-state index in [1.165, 1.54) is 5.56 Å². The maximum atomic E-state index is 11.9. The molecule has 28 heavy (non-hydrogen) atoms. The van der Waals surface area contributed by atoms with Crippen LogP contribution < -0.4 is 10.1 Å². The van der Waals surface area contributed by atoms with Gasteiger partial charge in [-0.2, -0.15) is 4.98 Å². The Morgan fingerprint density at radius 1 is 1.14 bits per heavy atom. The van der Waals surface area contributed by atoms with Crippen molar-refractivity contribution in [1.82, 2.24) is 14.8 Å². The molecule has 2 aromatic carbocycles. The molecule has 146 valence electrons. The molecule has 0 aliphatic heterocycles. The van der Waals surface area contributed by atoms with Crippen molar-refractivity contribution in [2.75, 3.05) is 17.8 Å². The Morgan fingerprint density at radius 3 is 2.50 bits per heavy atom. The molecule has 0 unspecified atom stereocenters. The SMILES string of the molecule is CCOc1nc(-c2ccc(C)cc2)n(-c2ccc(NC(=O)CCCCl)cc2)n1. The molecule has 1 aromatic heterocycles. The van der Waals surface area contributed by atoms with Gasteiger partial charge in [0.1, 0.15) is 0 Å². The average molecular weight is 399 g/mol. The van der Waals surface area contributed by atoms with Crippen LogP contribution in [0.15, 0.2) is 48.5 Å². The molecule has 0 atom stereocenters. The van der Waals surface area contributed by atoms with E-state index in [2.05, 4.69) is 15.4 Å². The molecule has 3 rings (SSSR count). The summed E-state index contributed by atoms with van der Waals surface area (Å²) in [6.45, 7) is 4.43. The van der Waals surface area contributed by atoms with Gasteiger partial charge in [0.05, 0.1) is 12.3 Å². The van der Waals surface area contributed by atoms with E-state index in [1.807, 2.05) is 62.4 Å². The van der Waals surface area contributed by atoms with Crippen molar-refractivity contribution in [3.63, 3.8) is 0 Å². The second-order valence-electron chi connectivity index (χ2n) is 6.32. The van der Waals surface area contributed by atoms with Gasteiger partial charge < -0.3 is 10.1 Å². The van der Waals surface area contributed by atoms with Crippen LogP contribution in [0.25, 0.3) is 17.1 Å². The maximum absolute atomic E-state index is 11.9. The molecule has 0 bridgehead atoms. The van der Waals surface area contributed by atoms with Crippen LogP contribution in [-0.2, 0) is 4.79 Å². The molecule has 6 nitrogen and oxygen atoms in total. The van der Waals surface area contributed by atoms with Gasteiger partial charge in [0.2, 0.25) is 5.91 Å². The zero-order chi connectivity index (χ0) is 19.9. The molecule has 1 amide bonds. The average Bonchev–Trinajstić information content (AvgIpc) is 3.12. The molecule has 0 saturated heterocycles. The lowest BCUT2D eigenvalue weighted by Gasteiger charge is -2.08. The molecule has 0 aliphatic rings. The summed E-state index contributed by atoms with van der Waals surface area (Å²) in [7, 11) is 0. The minimum Gasteiger partial charge on any atom is -0.463 e. The van der Waals surface area contributed by atoms with E-state index in [1.54, 1.807) is 4.68 Å². The first kappa shape index (κ1) is 19.9. The Kier molecular flexibility index (Phi) is 6.66. The highest BCUT2D eigenvalue weighted by Crippen LogP contribution is 2.25. The number of rotatable bonds is 8. The highest BCUT2D eigenvalue weighted by atomic mass is 35.5. The van der Waals surface area contributed by atoms with Crippen LogP contribution in [0.2, 0.25) is 0 Å². The first-order valence-corrected chi connectivity index (χ1v) is 9.77. The van der Waals surface area contributed by atoms with E-state index in [-0.39, 0.29) is 5.91 Å². The first-order chi connectivity index (χ1) is 13.6. The summed E-state index contributed by atoms with van der Waals surface area (Å²) in [6, 6.07) is 15.9. The van der Waals surface area contributed by atoms with E-state index >= 15 is 0 Å². The number of alkyl halides is 1. The van der Waals surface area contributed by atoms with Gasteiger partial charge in [0.15, 0.2) is 5.82 Å². The van der Waals surface area contributed by atoms with E-state index in [0.717, 1.165) is 16.9 Å². The fraction of sp³-hybridized carbons (Fsp3) is 0.286. The van der Waals surface area contributed by atoms with Crippen molar-refractivity contribution in [2.45, 2.75) is 26.7 Å². The quantitative estimate of drug-likeness (QED) is 0.563. The highest BCUT2D eigenvalue weighted by molar-refractivity contribution is 6.18. The third kappa shape index (κ3) is 4.89. The number of carbonyl (C=O) groups excluding carboxylic acids is 1. The molecular formula is C21H23ClN4O2. The van der Waals surface area contributed by atoms with Crippen molar-refractivity contribution >= 4 is 23.2 Å². The van der Waals surface area contributed by atoms with Crippen LogP contribution in [0.5, 0.6) is 6.01 Å². The Morgan fingerprint density at radius 2 is 1.86 bits per heavy atom. The normalized spacial score (nSPS) is 10.7. The number of benzene rings is 2. The second-order valence-corrected chi connectivity index (χ2v) is 6.69. The maximum Gasteiger partial charge on any atom is 0.336 e. The number of nitrogens with zero attached hydrogens (tertiary/aromatic N) is 3. The minimum atomic E-state index is -0.0480. The smallest absolute Gasteiger partial charge is 0.336 e. The van der Waals surface area contributed by atoms with Crippen LogP contribution in [0.1, 0.15) is 25.3 Å². The predicted molar refractivity (Wildman–Crippen MR) is 111 cm³/mol. The summed E-state index contributed by atoms with van der Waals surface area (Å²) in [6.07, 6.45) is 1.06. The Hall–Kier alpha value is -2.86. The molecule has 0 spiro atoms. The van der Waals surface area contributed by atoms with E-state index in [4.69, 9.17) is 16.3 Å². The number of nitrogens with one attached hydrogen (secondary N) is 1. The van der Waals surface area contributed by atoms with E-state index in [0.29, 0.717) is 37.2 Å². The summed E-state index contributed by atoms with van der Waals surface area (Å²) in [5.74, 6) is 1.12. The van der Waals surface area contributed by atoms with Gasteiger partial charge in [-0.15, -0.1) is 16.7 Å². The molecule has 0 saturated carbocycles. The van der Waals surface area contributed by atoms with Gasteiger partial charge in [-0.25, -0.2) is 4.68 Å². The molecule has 7 heteroatoms. The van der Waals surface area contributed by atoms with Crippen LogP contribution in [0, 0.1) is 6.92 Å². The first-order valence-electron chi connectivity index (χ1n) is 9.24. The van der Waals surface area contributed by atoms with E-state index in [9.17, 15) is 4.79 Å². The number of hydrogen-bond acceptors (Lipinski definition) is 4.